The zero-order chi connectivity index (χ0) is 13.2. The molecule has 1 unspecified atom stereocenters. The zero-order valence-corrected chi connectivity index (χ0v) is 10.3. The maximum Gasteiger partial charge on any atom is 0.346 e. The van der Waals surface area contributed by atoms with Crippen LogP contribution in [0.5, 0.6) is 17.2 Å². The third kappa shape index (κ3) is 2.90. The molecular weight excluding hydrogens is 250 g/mol. The van der Waals surface area contributed by atoms with Crippen LogP contribution in [0.3, 0.4) is 0 Å². The first-order valence-corrected chi connectivity index (χ1v) is 6.25. The molecule has 6 nitrogen and oxygen atoms in total. The van der Waals surface area contributed by atoms with Gasteiger partial charge in [-0.05, 0) is 25.0 Å². The fourth-order valence-corrected chi connectivity index (χ4v) is 1.85. The third-order valence-corrected chi connectivity index (χ3v) is 3.07. The van der Waals surface area contributed by atoms with Crippen LogP contribution >= 0.6 is 0 Å². The standard InChI is InChI=1S/C13H15NO5/c15-13(16)12(6-14-8-1-2-8)19-9-3-4-10-11(5-9)18-7-17-10/h3-5,8,12,14H,1-2,6-7H2,(H,15,16). The summed E-state index contributed by atoms with van der Waals surface area (Å²) in [5, 5.41) is 12.3. The molecule has 1 aliphatic heterocycles. The van der Waals surface area contributed by atoms with Crippen LogP contribution in [0, 0.1) is 0 Å². The molecule has 0 aromatic heterocycles. The molecule has 1 aromatic carbocycles. The predicted octanol–water partition coefficient (Wildman–Crippen LogP) is 0.999. The van der Waals surface area contributed by atoms with Crippen molar-refractivity contribution in [1.29, 1.82) is 0 Å². The highest BCUT2D eigenvalue weighted by molar-refractivity contribution is 5.73. The highest BCUT2D eigenvalue weighted by atomic mass is 16.7. The van der Waals surface area contributed by atoms with E-state index in [1.807, 2.05) is 0 Å². The molecule has 1 aromatic rings. The smallest absolute Gasteiger partial charge is 0.346 e. The summed E-state index contributed by atoms with van der Waals surface area (Å²) < 4.78 is 15.9. The molecule has 1 heterocycles. The highest BCUT2D eigenvalue weighted by Crippen LogP contribution is 2.35. The lowest BCUT2D eigenvalue weighted by Gasteiger charge is -2.15. The number of hydrogen-bond donors (Lipinski definition) is 2. The van der Waals surface area contributed by atoms with Crippen LogP contribution in [0.4, 0.5) is 0 Å². The lowest BCUT2D eigenvalue weighted by atomic mass is 10.3. The van der Waals surface area contributed by atoms with E-state index < -0.39 is 12.1 Å². The first kappa shape index (κ1) is 12.1. The van der Waals surface area contributed by atoms with Crippen molar-refractivity contribution in [3.8, 4) is 17.2 Å². The van der Waals surface area contributed by atoms with Crippen molar-refractivity contribution in [2.24, 2.45) is 0 Å². The number of ether oxygens (including phenoxy) is 3. The molecule has 1 atom stereocenters. The molecule has 0 amide bonds. The number of aliphatic carboxylic acids is 1. The van der Waals surface area contributed by atoms with Gasteiger partial charge in [-0.25, -0.2) is 4.79 Å². The van der Waals surface area contributed by atoms with E-state index in [0.29, 0.717) is 29.8 Å². The second-order valence-corrected chi connectivity index (χ2v) is 4.64. The Morgan fingerprint density at radius 3 is 2.95 bits per heavy atom. The normalized spacial score (nSPS) is 18.1. The minimum Gasteiger partial charge on any atom is -0.478 e. The van der Waals surface area contributed by atoms with E-state index in [9.17, 15) is 4.79 Å². The fraction of sp³-hybridized carbons (Fsp3) is 0.462. The van der Waals surface area contributed by atoms with E-state index in [1.165, 1.54) is 0 Å². The summed E-state index contributed by atoms with van der Waals surface area (Å²) in [6.45, 7) is 0.485. The van der Waals surface area contributed by atoms with E-state index in [0.717, 1.165) is 12.8 Å². The molecule has 1 fully saturated rings. The van der Waals surface area contributed by atoms with Gasteiger partial charge in [0.15, 0.2) is 11.5 Å². The summed E-state index contributed by atoms with van der Waals surface area (Å²) in [5.74, 6) is 0.715. The Bertz CT molecular complexity index is 486. The molecular formula is C13H15NO5. The summed E-state index contributed by atoms with van der Waals surface area (Å²) in [5.41, 5.74) is 0. The molecule has 19 heavy (non-hydrogen) atoms. The molecule has 0 saturated heterocycles. The first-order valence-electron chi connectivity index (χ1n) is 6.25. The van der Waals surface area contributed by atoms with Crippen molar-refractivity contribution < 1.29 is 24.1 Å². The predicted molar refractivity (Wildman–Crippen MR) is 65.6 cm³/mol. The number of rotatable bonds is 6. The largest absolute Gasteiger partial charge is 0.478 e. The van der Waals surface area contributed by atoms with Gasteiger partial charge in [-0.2, -0.15) is 0 Å². The van der Waals surface area contributed by atoms with Gasteiger partial charge >= 0.3 is 5.97 Å². The molecule has 1 saturated carbocycles. The molecule has 6 heteroatoms. The molecule has 1 aliphatic carbocycles. The van der Waals surface area contributed by atoms with E-state index in [2.05, 4.69) is 5.32 Å². The van der Waals surface area contributed by atoms with Crippen molar-refractivity contribution >= 4 is 5.97 Å². The summed E-state index contributed by atoms with van der Waals surface area (Å²) in [4.78, 5) is 11.1. The van der Waals surface area contributed by atoms with Gasteiger partial charge < -0.3 is 24.6 Å². The van der Waals surface area contributed by atoms with Crippen LogP contribution in [0.1, 0.15) is 12.8 Å². The van der Waals surface area contributed by atoms with E-state index >= 15 is 0 Å². The number of benzene rings is 1. The Morgan fingerprint density at radius 1 is 1.42 bits per heavy atom. The fourth-order valence-electron chi connectivity index (χ4n) is 1.85. The Hall–Kier alpha value is -1.95. The Kier molecular flexibility index (Phi) is 3.16. The van der Waals surface area contributed by atoms with Crippen LogP contribution in [0.2, 0.25) is 0 Å². The van der Waals surface area contributed by atoms with Gasteiger partial charge in [0, 0.05) is 18.7 Å². The Morgan fingerprint density at radius 2 is 2.21 bits per heavy atom. The van der Waals surface area contributed by atoms with Gasteiger partial charge in [-0.15, -0.1) is 0 Å². The van der Waals surface area contributed by atoms with Crippen LogP contribution in [0.25, 0.3) is 0 Å². The molecule has 2 aliphatic rings. The minimum atomic E-state index is -0.981. The Balaban J connectivity index is 1.64. The quantitative estimate of drug-likeness (QED) is 0.799. The SMILES string of the molecule is O=C(O)C(CNC1CC1)Oc1ccc2c(c1)OCO2. The molecule has 0 radical (unpaired) electrons. The summed E-state index contributed by atoms with van der Waals surface area (Å²) in [6.07, 6.45) is 1.31. The van der Waals surface area contributed by atoms with Gasteiger partial charge in [0.25, 0.3) is 0 Å². The van der Waals surface area contributed by atoms with Gasteiger partial charge in [0.2, 0.25) is 12.9 Å². The van der Waals surface area contributed by atoms with Crippen molar-refractivity contribution in [3.63, 3.8) is 0 Å². The van der Waals surface area contributed by atoms with Gasteiger partial charge in [0.05, 0.1) is 0 Å². The van der Waals surface area contributed by atoms with Crippen LogP contribution < -0.4 is 19.5 Å². The number of hydrogen-bond acceptors (Lipinski definition) is 5. The van der Waals surface area contributed by atoms with Gasteiger partial charge in [-0.1, -0.05) is 0 Å². The second-order valence-electron chi connectivity index (χ2n) is 4.64. The van der Waals surface area contributed by atoms with Crippen molar-refractivity contribution in [2.45, 2.75) is 25.0 Å². The van der Waals surface area contributed by atoms with Crippen LogP contribution in [0.15, 0.2) is 18.2 Å². The molecule has 0 bridgehead atoms. The average Bonchev–Trinajstić information content (AvgIpc) is 3.10. The number of fused-ring (bicyclic) bond motifs is 1. The van der Waals surface area contributed by atoms with E-state index in [-0.39, 0.29) is 6.79 Å². The monoisotopic (exact) mass is 265 g/mol. The minimum absolute atomic E-state index is 0.185. The maximum absolute atomic E-state index is 11.1. The van der Waals surface area contributed by atoms with Crippen LogP contribution in [-0.4, -0.2) is 36.6 Å². The summed E-state index contributed by atoms with van der Waals surface area (Å²) in [6, 6.07) is 5.49. The van der Waals surface area contributed by atoms with Crippen molar-refractivity contribution in [1.82, 2.24) is 5.32 Å². The van der Waals surface area contributed by atoms with Gasteiger partial charge in [0.1, 0.15) is 5.75 Å². The number of carboxylic acids is 1. The second kappa shape index (κ2) is 4.97. The topological polar surface area (TPSA) is 77.0 Å². The number of nitrogens with one attached hydrogen (secondary N) is 1. The highest BCUT2D eigenvalue weighted by Gasteiger charge is 2.26. The lowest BCUT2D eigenvalue weighted by Crippen LogP contribution is -2.38. The first-order chi connectivity index (χ1) is 9.22. The lowest BCUT2D eigenvalue weighted by molar-refractivity contribution is -0.144. The molecule has 0 spiro atoms. The van der Waals surface area contributed by atoms with Crippen LogP contribution in [-0.2, 0) is 4.79 Å². The van der Waals surface area contributed by atoms with Crippen molar-refractivity contribution in [2.75, 3.05) is 13.3 Å². The average molecular weight is 265 g/mol. The molecule has 3 rings (SSSR count). The maximum atomic E-state index is 11.1. The number of carboxylic acid groups (broad SMARTS) is 1. The van der Waals surface area contributed by atoms with E-state index in [1.54, 1.807) is 18.2 Å². The number of carbonyl (C=O) groups is 1. The van der Waals surface area contributed by atoms with E-state index in [4.69, 9.17) is 19.3 Å². The van der Waals surface area contributed by atoms with Crippen molar-refractivity contribution in [3.05, 3.63) is 18.2 Å². The molecule has 102 valence electrons. The Labute approximate surface area is 110 Å². The zero-order valence-electron chi connectivity index (χ0n) is 10.3. The third-order valence-electron chi connectivity index (χ3n) is 3.07. The molecule has 2 N–H and O–H groups in total. The summed E-state index contributed by atoms with van der Waals surface area (Å²) >= 11 is 0. The van der Waals surface area contributed by atoms with Gasteiger partial charge in [-0.3, -0.25) is 0 Å². The summed E-state index contributed by atoms with van der Waals surface area (Å²) in [7, 11) is 0.